The molecule has 1 heterocycles. The van der Waals surface area contributed by atoms with Crippen LogP contribution in [0.25, 0.3) is 0 Å². The molecular formula is C18H30N2O3. The van der Waals surface area contributed by atoms with Crippen molar-refractivity contribution in [2.45, 2.75) is 38.6 Å². The van der Waals surface area contributed by atoms with Crippen LogP contribution in [0.5, 0.6) is 17.2 Å². The molecule has 1 atom stereocenters. The van der Waals surface area contributed by atoms with Crippen LogP contribution in [0.3, 0.4) is 0 Å². The predicted octanol–water partition coefficient (Wildman–Crippen LogP) is 2.94. The van der Waals surface area contributed by atoms with Gasteiger partial charge in [-0.25, -0.2) is 0 Å². The van der Waals surface area contributed by atoms with Gasteiger partial charge in [-0.1, -0.05) is 26.2 Å². The van der Waals surface area contributed by atoms with E-state index in [4.69, 9.17) is 9.47 Å². The number of piperazine rings is 1. The van der Waals surface area contributed by atoms with E-state index in [1.165, 1.54) is 19.3 Å². The first-order valence-electron chi connectivity index (χ1n) is 8.60. The number of ether oxygens (including phenoxy) is 2. The van der Waals surface area contributed by atoms with E-state index in [0.717, 1.165) is 38.2 Å². The van der Waals surface area contributed by atoms with Crippen molar-refractivity contribution >= 4 is 0 Å². The van der Waals surface area contributed by atoms with Gasteiger partial charge in [0.05, 0.1) is 14.2 Å². The van der Waals surface area contributed by atoms with Gasteiger partial charge in [-0.15, -0.1) is 0 Å². The number of phenols is 1. The van der Waals surface area contributed by atoms with E-state index in [9.17, 15) is 5.11 Å². The van der Waals surface area contributed by atoms with E-state index in [2.05, 4.69) is 17.1 Å². The monoisotopic (exact) mass is 322 g/mol. The lowest BCUT2D eigenvalue weighted by Crippen LogP contribution is -2.45. The van der Waals surface area contributed by atoms with E-state index < -0.39 is 0 Å². The Morgan fingerprint density at radius 3 is 2.26 bits per heavy atom. The Morgan fingerprint density at radius 1 is 1.13 bits per heavy atom. The molecule has 5 nitrogen and oxygen atoms in total. The summed E-state index contributed by atoms with van der Waals surface area (Å²) in [6, 6.07) is 4.25. The van der Waals surface area contributed by atoms with Crippen molar-refractivity contribution in [2.75, 3.05) is 40.4 Å². The number of hydrogen-bond acceptors (Lipinski definition) is 5. The van der Waals surface area contributed by atoms with Crippen molar-refractivity contribution < 1.29 is 14.6 Å². The molecule has 0 aliphatic carbocycles. The second-order valence-electron chi connectivity index (χ2n) is 6.07. The Balaban J connectivity index is 2.28. The molecule has 1 aliphatic heterocycles. The molecule has 1 saturated heterocycles. The topological polar surface area (TPSA) is 54.0 Å². The van der Waals surface area contributed by atoms with Gasteiger partial charge in [0.1, 0.15) is 0 Å². The highest BCUT2D eigenvalue weighted by atomic mass is 16.5. The maximum absolute atomic E-state index is 10.1. The fourth-order valence-corrected chi connectivity index (χ4v) is 3.25. The number of unbranched alkanes of at least 4 members (excludes halogenated alkanes) is 2. The molecular weight excluding hydrogens is 292 g/mol. The van der Waals surface area contributed by atoms with Crippen LogP contribution in [0.15, 0.2) is 12.1 Å². The van der Waals surface area contributed by atoms with Crippen LogP contribution in [-0.2, 0) is 0 Å². The summed E-state index contributed by atoms with van der Waals surface area (Å²) in [6.07, 6.45) is 4.78. The number of aromatic hydroxyl groups is 1. The lowest BCUT2D eigenvalue weighted by atomic mass is 9.97. The summed E-state index contributed by atoms with van der Waals surface area (Å²) in [5.74, 6) is 1.04. The molecule has 1 aromatic rings. The highest BCUT2D eigenvalue weighted by molar-refractivity contribution is 5.53. The van der Waals surface area contributed by atoms with Crippen LogP contribution in [0, 0.1) is 0 Å². The van der Waals surface area contributed by atoms with Gasteiger partial charge in [0, 0.05) is 32.2 Å². The van der Waals surface area contributed by atoms with Crippen LogP contribution in [-0.4, -0.2) is 50.4 Å². The Kier molecular flexibility index (Phi) is 6.99. The molecule has 0 bridgehead atoms. The van der Waals surface area contributed by atoms with E-state index in [0.29, 0.717) is 17.5 Å². The number of rotatable bonds is 8. The first-order valence-corrected chi connectivity index (χ1v) is 8.60. The molecule has 5 heteroatoms. The van der Waals surface area contributed by atoms with E-state index in [1.54, 1.807) is 14.2 Å². The van der Waals surface area contributed by atoms with Crippen LogP contribution in [0.2, 0.25) is 0 Å². The van der Waals surface area contributed by atoms with E-state index in [1.807, 2.05) is 12.1 Å². The molecule has 0 amide bonds. The molecule has 2 N–H and O–H groups in total. The number of nitrogens with one attached hydrogen (secondary N) is 1. The fraction of sp³-hybridized carbons (Fsp3) is 0.667. The zero-order valence-electron chi connectivity index (χ0n) is 14.6. The highest BCUT2D eigenvalue weighted by Crippen LogP contribution is 2.40. The predicted molar refractivity (Wildman–Crippen MR) is 92.5 cm³/mol. The molecule has 0 unspecified atom stereocenters. The summed E-state index contributed by atoms with van der Waals surface area (Å²) in [5.41, 5.74) is 1.16. The normalized spacial score (nSPS) is 17.0. The van der Waals surface area contributed by atoms with Gasteiger partial charge in [-0.2, -0.15) is 0 Å². The maximum Gasteiger partial charge on any atom is 0.200 e. The van der Waals surface area contributed by atoms with Crippen molar-refractivity contribution in [1.29, 1.82) is 0 Å². The molecule has 0 radical (unpaired) electrons. The van der Waals surface area contributed by atoms with Crippen molar-refractivity contribution in [3.63, 3.8) is 0 Å². The zero-order chi connectivity index (χ0) is 16.7. The molecule has 0 spiro atoms. The SMILES string of the molecule is CCCCC[C@@H](c1cc(OC)c(O)c(OC)c1)N1CCNCC1. The van der Waals surface area contributed by atoms with Gasteiger partial charge in [0.2, 0.25) is 5.75 Å². The van der Waals surface area contributed by atoms with Gasteiger partial charge in [0.15, 0.2) is 11.5 Å². The van der Waals surface area contributed by atoms with Gasteiger partial charge in [0.25, 0.3) is 0 Å². The summed E-state index contributed by atoms with van der Waals surface area (Å²) < 4.78 is 10.7. The average Bonchev–Trinajstić information content (AvgIpc) is 2.60. The third-order valence-corrected chi connectivity index (χ3v) is 4.56. The van der Waals surface area contributed by atoms with Crippen LogP contribution >= 0.6 is 0 Å². The van der Waals surface area contributed by atoms with Crippen molar-refractivity contribution in [1.82, 2.24) is 10.2 Å². The minimum absolute atomic E-state index is 0.0753. The van der Waals surface area contributed by atoms with E-state index >= 15 is 0 Å². The van der Waals surface area contributed by atoms with Gasteiger partial charge < -0.3 is 19.9 Å². The first kappa shape index (κ1) is 17.9. The molecule has 1 fully saturated rings. The first-order chi connectivity index (χ1) is 11.2. The van der Waals surface area contributed by atoms with Crippen LogP contribution in [0.1, 0.15) is 44.2 Å². The number of phenolic OH excluding ortho intramolecular Hbond substituents is 1. The van der Waals surface area contributed by atoms with Crippen LogP contribution in [0.4, 0.5) is 0 Å². The Labute approximate surface area is 139 Å². The van der Waals surface area contributed by atoms with Gasteiger partial charge in [-0.05, 0) is 24.1 Å². The third kappa shape index (κ3) is 4.52. The highest BCUT2D eigenvalue weighted by Gasteiger charge is 2.24. The Hall–Kier alpha value is -1.46. The number of nitrogens with zero attached hydrogens (tertiary/aromatic N) is 1. The van der Waals surface area contributed by atoms with Crippen molar-refractivity contribution in [3.05, 3.63) is 17.7 Å². The summed E-state index contributed by atoms with van der Waals surface area (Å²) in [7, 11) is 3.16. The second kappa shape index (κ2) is 8.99. The lowest BCUT2D eigenvalue weighted by molar-refractivity contribution is 0.162. The molecule has 0 saturated carbocycles. The smallest absolute Gasteiger partial charge is 0.200 e. The van der Waals surface area contributed by atoms with E-state index in [-0.39, 0.29) is 5.75 Å². The quantitative estimate of drug-likeness (QED) is 0.721. The number of benzene rings is 1. The van der Waals surface area contributed by atoms with Gasteiger partial charge in [-0.3, -0.25) is 4.90 Å². The summed E-state index contributed by atoms with van der Waals surface area (Å²) in [5, 5.41) is 13.6. The molecule has 130 valence electrons. The minimum atomic E-state index is 0.0753. The molecule has 23 heavy (non-hydrogen) atoms. The molecule has 2 rings (SSSR count). The average molecular weight is 322 g/mol. The summed E-state index contributed by atoms with van der Waals surface area (Å²) in [6.45, 7) is 6.37. The lowest BCUT2D eigenvalue weighted by Gasteiger charge is -2.35. The minimum Gasteiger partial charge on any atom is -0.502 e. The Morgan fingerprint density at radius 2 is 1.74 bits per heavy atom. The molecule has 1 aromatic carbocycles. The standard InChI is InChI=1S/C18H30N2O3/c1-4-5-6-7-15(20-10-8-19-9-11-20)14-12-16(22-2)18(21)17(13-14)23-3/h12-13,15,19,21H,4-11H2,1-3H3/t15-/m0/s1. The largest absolute Gasteiger partial charge is 0.502 e. The molecule has 1 aliphatic rings. The number of methoxy groups -OCH3 is 2. The summed E-state index contributed by atoms with van der Waals surface area (Å²) in [4.78, 5) is 2.53. The zero-order valence-corrected chi connectivity index (χ0v) is 14.6. The van der Waals surface area contributed by atoms with Crippen LogP contribution < -0.4 is 14.8 Å². The second-order valence-corrected chi connectivity index (χ2v) is 6.07. The Bertz CT molecular complexity index is 462. The van der Waals surface area contributed by atoms with Crippen molar-refractivity contribution in [2.24, 2.45) is 0 Å². The van der Waals surface area contributed by atoms with Gasteiger partial charge >= 0.3 is 0 Å². The number of hydrogen-bond donors (Lipinski definition) is 2. The summed E-state index contributed by atoms with van der Waals surface area (Å²) >= 11 is 0. The van der Waals surface area contributed by atoms with Crippen molar-refractivity contribution in [3.8, 4) is 17.2 Å². The maximum atomic E-state index is 10.1. The fourth-order valence-electron chi connectivity index (χ4n) is 3.25. The molecule has 0 aromatic heterocycles. The third-order valence-electron chi connectivity index (χ3n) is 4.56.